The fourth-order valence-electron chi connectivity index (χ4n) is 0.925. The number of hydrogen-bond acceptors (Lipinski definition) is 2. The van der Waals surface area contributed by atoms with E-state index in [1.54, 1.807) is 0 Å². The number of alkyl halides is 2. The van der Waals surface area contributed by atoms with Crippen LogP contribution in [0, 0.1) is 11.3 Å². The summed E-state index contributed by atoms with van der Waals surface area (Å²) in [5, 5.41) is 8.45. The molecule has 0 spiro atoms. The number of nitrogens with two attached hydrogens (primary N) is 1. The summed E-state index contributed by atoms with van der Waals surface area (Å²) in [6.45, 7) is 0. The first-order valence-corrected chi connectivity index (χ1v) is 3.69. The summed E-state index contributed by atoms with van der Waals surface area (Å²) in [7, 11) is 0. The maximum absolute atomic E-state index is 12.1. The van der Waals surface area contributed by atoms with Gasteiger partial charge in [-0.2, -0.15) is 5.26 Å². The number of benzene rings is 1. The van der Waals surface area contributed by atoms with Crippen molar-refractivity contribution in [2.24, 2.45) is 5.73 Å². The third kappa shape index (κ3) is 2.23. The van der Waals surface area contributed by atoms with E-state index in [1.807, 2.05) is 6.07 Å². The molecule has 0 unspecified atom stereocenters. The van der Waals surface area contributed by atoms with Gasteiger partial charge >= 0.3 is 0 Å². The largest absolute Gasteiger partial charge is 0.319 e. The summed E-state index contributed by atoms with van der Waals surface area (Å²) >= 11 is 0. The normalized spacial score (nSPS) is 12.5. The Morgan fingerprint density at radius 1 is 1.23 bits per heavy atom. The van der Waals surface area contributed by atoms with Gasteiger partial charge in [-0.25, -0.2) is 8.78 Å². The first-order valence-electron chi connectivity index (χ1n) is 3.69. The van der Waals surface area contributed by atoms with Crippen molar-refractivity contribution in [3.8, 4) is 6.07 Å². The maximum atomic E-state index is 12.1. The van der Waals surface area contributed by atoms with Crippen LogP contribution < -0.4 is 5.73 Å². The van der Waals surface area contributed by atoms with Crippen LogP contribution in [0.25, 0.3) is 0 Å². The summed E-state index contributed by atoms with van der Waals surface area (Å²) in [5.74, 6) is 0. The molecule has 0 amide bonds. The number of hydrogen-bond donors (Lipinski definition) is 1. The molecule has 1 aromatic carbocycles. The van der Waals surface area contributed by atoms with Gasteiger partial charge in [0.1, 0.15) is 0 Å². The smallest absolute Gasteiger partial charge is 0.257 e. The zero-order valence-electron chi connectivity index (χ0n) is 6.74. The standard InChI is InChI=1S/C9H8F2N2/c10-9(11)8(13)7-3-1-6(5-12)2-4-7/h1-4,8-9H,13H2/t8-/m0/s1. The topological polar surface area (TPSA) is 49.8 Å². The van der Waals surface area contributed by atoms with Gasteiger partial charge < -0.3 is 5.73 Å². The minimum atomic E-state index is -2.58. The summed E-state index contributed by atoms with van der Waals surface area (Å²) < 4.78 is 24.2. The molecule has 13 heavy (non-hydrogen) atoms. The lowest BCUT2D eigenvalue weighted by atomic mass is 10.1. The number of nitrogens with zero attached hydrogens (tertiary/aromatic N) is 1. The zero-order chi connectivity index (χ0) is 9.84. The highest BCUT2D eigenvalue weighted by Crippen LogP contribution is 2.17. The fourth-order valence-corrected chi connectivity index (χ4v) is 0.925. The second-order valence-corrected chi connectivity index (χ2v) is 2.59. The SMILES string of the molecule is N#Cc1ccc([C@H](N)C(F)F)cc1. The molecule has 0 saturated heterocycles. The molecule has 0 aliphatic carbocycles. The highest BCUT2D eigenvalue weighted by molar-refractivity contribution is 5.32. The van der Waals surface area contributed by atoms with Gasteiger partial charge in [0.05, 0.1) is 17.7 Å². The molecule has 0 fully saturated rings. The van der Waals surface area contributed by atoms with Crippen molar-refractivity contribution in [3.05, 3.63) is 35.4 Å². The van der Waals surface area contributed by atoms with Crippen LogP contribution in [0.4, 0.5) is 8.78 Å². The second kappa shape index (κ2) is 3.97. The lowest BCUT2D eigenvalue weighted by molar-refractivity contribution is 0.116. The fraction of sp³-hybridized carbons (Fsp3) is 0.222. The monoisotopic (exact) mass is 182 g/mol. The Labute approximate surface area is 74.6 Å². The molecule has 0 bridgehead atoms. The van der Waals surface area contributed by atoms with E-state index in [9.17, 15) is 8.78 Å². The van der Waals surface area contributed by atoms with E-state index in [1.165, 1.54) is 24.3 Å². The van der Waals surface area contributed by atoms with Crippen molar-refractivity contribution >= 4 is 0 Å². The van der Waals surface area contributed by atoms with Crippen molar-refractivity contribution in [3.63, 3.8) is 0 Å². The van der Waals surface area contributed by atoms with E-state index in [2.05, 4.69) is 0 Å². The Hall–Kier alpha value is -1.47. The van der Waals surface area contributed by atoms with Crippen molar-refractivity contribution in [1.82, 2.24) is 0 Å². The summed E-state index contributed by atoms with van der Waals surface area (Å²) in [6, 6.07) is 6.44. The van der Waals surface area contributed by atoms with E-state index >= 15 is 0 Å². The molecule has 2 nitrogen and oxygen atoms in total. The Bertz CT molecular complexity index is 313. The average Bonchev–Trinajstić information content (AvgIpc) is 2.17. The van der Waals surface area contributed by atoms with Gasteiger partial charge in [-0.05, 0) is 17.7 Å². The van der Waals surface area contributed by atoms with Gasteiger partial charge in [0.25, 0.3) is 6.43 Å². The molecule has 1 atom stereocenters. The highest BCUT2D eigenvalue weighted by Gasteiger charge is 2.16. The van der Waals surface area contributed by atoms with Crippen LogP contribution in [-0.2, 0) is 0 Å². The Morgan fingerprint density at radius 2 is 1.77 bits per heavy atom. The Morgan fingerprint density at radius 3 is 2.15 bits per heavy atom. The van der Waals surface area contributed by atoms with Gasteiger partial charge in [-0.1, -0.05) is 12.1 Å². The van der Waals surface area contributed by atoms with Crippen LogP contribution in [-0.4, -0.2) is 6.43 Å². The average molecular weight is 182 g/mol. The number of nitriles is 1. The molecule has 68 valence electrons. The van der Waals surface area contributed by atoms with Crippen molar-refractivity contribution in [2.45, 2.75) is 12.5 Å². The molecular weight excluding hydrogens is 174 g/mol. The predicted molar refractivity (Wildman–Crippen MR) is 44.1 cm³/mol. The van der Waals surface area contributed by atoms with Crippen molar-refractivity contribution < 1.29 is 8.78 Å². The molecular formula is C9H8F2N2. The lowest BCUT2D eigenvalue weighted by Gasteiger charge is -2.09. The number of halogens is 2. The highest BCUT2D eigenvalue weighted by atomic mass is 19.3. The summed E-state index contributed by atoms with van der Waals surface area (Å²) in [5.41, 5.74) is 5.97. The van der Waals surface area contributed by atoms with Crippen molar-refractivity contribution in [1.29, 1.82) is 5.26 Å². The third-order valence-corrected chi connectivity index (χ3v) is 1.70. The Kier molecular flexibility index (Phi) is 2.93. The van der Waals surface area contributed by atoms with Crippen LogP contribution in [0.3, 0.4) is 0 Å². The molecule has 1 rings (SSSR count). The molecule has 1 aromatic rings. The van der Waals surface area contributed by atoms with Gasteiger partial charge in [0.2, 0.25) is 0 Å². The third-order valence-electron chi connectivity index (χ3n) is 1.70. The van der Waals surface area contributed by atoms with Crippen LogP contribution in [0.5, 0.6) is 0 Å². The molecule has 0 radical (unpaired) electrons. The molecule has 0 saturated carbocycles. The minimum absolute atomic E-state index is 0.342. The second-order valence-electron chi connectivity index (χ2n) is 2.59. The first kappa shape index (κ1) is 9.62. The first-order chi connectivity index (χ1) is 6.15. The lowest BCUT2D eigenvalue weighted by Crippen LogP contribution is -2.18. The predicted octanol–water partition coefficient (Wildman–Crippen LogP) is 1.82. The quantitative estimate of drug-likeness (QED) is 0.758. The summed E-state index contributed by atoms with van der Waals surface area (Å²) in [6.07, 6.45) is -2.58. The van der Waals surface area contributed by atoms with E-state index in [-0.39, 0.29) is 0 Å². The molecule has 2 N–H and O–H groups in total. The van der Waals surface area contributed by atoms with Crippen LogP contribution in [0.2, 0.25) is 0 Å². The van der Waals surface area contributed by atoms with Crippen LogP contribution in [0.1, 0.15) is 17.2 Å². The van der Waals surface area contributed by atoms with E-state index in [0.29, 0.717) is 11.1 Å². The molecule has 0 heterocycles. The summed E-state index contributed by atoms with van der Waals surface area (Å²) in [4.78, 5) is 0. The van der Waals surface area contributed by atoms with E-state index < -0.39 is 12.5 Å². The Balaban J connectivity index is 2.87. The van der Waals surface area contributed by atoms with E-state index in [0.717, 1.165) is 0 Å². The maximum Gasteiger partial charge on any atom is 0.257 e. The van der Waals surface area contributed by atoms with Gasteiger partial charge in [-0.15, -0.1) is 0 Å². The molecule has 0 aliphatic rings. The van der Waals surface area contributed by atoms with Gasteiger partial charge in [0.15, 0.2) is 0 Å². The molecule has 4 heteroatoms. The van der Waals surface area contributed by atoms with Crippen LogP contribution >= 0.6 is 0 Å². The molecule has 0 aromatic heterocycles. The molecule has 0 aliphatic heterocycles. The van der Waals surface area contributed by atoms with E-state index in [4.69, 9.17) is 11.0 Å². The van der Waals surface area contributed by atoms with Gasteiger partial charge in [-0.3, -0.25) is 0 Å². The van der Waals surface area contributed by atoms with Crippen molar-refractivity contribution in [2.75, 3.05) is 0 Å². The van der Waals surface area contributed by atoms with Crippen LogP contribution in [0.15, 0.2) is 24.3 Å². The zero-order valence-corrected chi connectivity index (χ0v) is 6.74. The number of rotatable bonds is 2. The minimum Gasteiger partial charge on any atom is -0.319 e. The van der Waals surface area contributed by atoms with Gasteiger partial charge in [0, 0.05) is 0 Å².